The van der Waals surface area contributed by atoms with Gasteiger partial charge in [0.1, 0.15) is 5.65 Å². The van der Waals surface area contributed by atoms with Crippen molar-refractivity contribution in [3.05, 3.63) is 109 Å². The van der Waals surface area contributed by atoms with Gasteiger partial charge in [0.25, 0.3) is 0 Å². The number of imidazole rings is 1. The minimum Gasteiger partial charge on any atom is -0.291 e. The van der Waals surface area contributed by atoms with Gasteiger partial charge in [-0.25, -0.2) is 4.98 Å². The van der Waals surface area contributed by atoms with Crippen LogP contribution < -0.4 is 0 Å². The van der Waals surface area contributed by atoms with Crippen molar-refractivity contribution in [1.82, 2.24) is 9.38 Å². The monoisotopic (exact) mass is 395 g/mol. The topological polar surface area (TPSA) is 41.1 Å². The molecule has 0 N–H and O–H groups in total. The number of fused-ring (bicyclic) bond motifs is 5. The zero-order valence-corrected chi connectivity index (χ0v) is 16.7. The van der Waals surface area contributed by atoms with Gasteiger partial charge in [-0.05, 0) is 46.8 Å². The van der Waals surface area contributed by atoms with E-state index in [9.17, 15) is 5.26 Å². The van der Waals surface area contributed by atoms with E-state index in [1.165, 1.54) is 0 Å². The Morgan fingerprint density at radius 2 is 1.35 bits per heavy atom. The van der Waals surface area contributed by atoms with E-state index in [4.69, 9.17) is 4.98 Å². The molecule has 0 saturated carbocycles. The Kier molecular flexibility index (Phi) is 3.84. The lowest BCUT2D eigenvalue weighted by Gasteiger charge is -2.18. The van der Waals surface area contributed by atoms with Gasteiger partial charge in [0, 0.05) is 10.9 Å². The highest BCUT2D eigenvalue weighted by molar-refractivity contribution is 6.11. The van der Waals surface area contributed by atoms with E-state index in [1.54, 1.807) is 0 Å². The van der Waals surface area contributed by atoms with Crippen molar-refractivity contribution >= 4 is 27.5 Å². The Bertz CT molecular complexity index is 1620. The molecule has 4 aromatic carbocycles. The second-order valence-electron chi connectivity index (χ2n) is 7.59. The fourth-order valence-corrected chi connectivity index (χ4v) is 4.45. The maximum Gasteiger partial charge on any atom is 0.146 e. The van der Waals surface area contributed by atoms with E-state index in [2.05, 4.69) is 77.2 Å². The van der Waals surface area contributed by atoms with Crippen molar-refractivity contribution in [3.63, 3.8) is 0 Å². The van der Waals surface area contributed by atoms with Gasteiger partial charge in [-0.1, -0.05) is 72.8 Å². The zero-order chi connectivity index (χ0) is 20.8. The number of nitriles is 1. The summed E-state index contributed by atoms with van der Waals surface area (Å²) in [6.07, 6.45) is 0. The van der Waals surface area contributed by atoms with Crippen molar-refractivity contribution in [2.24, 2.45) is 0 Å². The molecule has 31 heavy (non-hydrogen) atoms. The van der Waals surface area contributed by atoms with Crippen LogP contribution >= 0.6 is 0 Å². The first-order chi connectivity index (χ1) is 15.3. The minimum absolute atomic E-state index is 0.643. The summed E-state index contributed by atoms with van der Waals surface area (Å²) >= 11 is 0. The Balaban J connectivity index is 1.95. The van der Waals surface area contributed by atoms with Crippen LogP contribution in [0.5, 0.6) is 0 Å². The lowest BCUT2D eigenvalue weighted by molar-refractivity contribution is 1.25. The summed E-state index contributed by atoms with van der Waals surface area (Å²) in [6, 6.07) is 37.3. The smallest absolute Gasteiger partial charge is 0.146 e. The molecule has 0 fully saturated rings. The summed E-state index contributed by atoms with van der Waals surface area (Å²) < 4.78 is 2.27. The van der Waals surface area contributed by atoms with Crippen LogP contribution in [0.2, 0.25) is 0 Å². The minimum atomic E-state index is 0.643. The molecule has 6 aromatic rings. The molecule has 0 radical (unpaired) electrons. The van der Waals surface area contributed by atoms with Crippen LogP contribution in [0.3, 0.4) is 0 Å². The van der Waals surface area contributed by atoms with Gasteiger partial charge in [0.05, 0.1) is 28.4 Å². The van der Waals surface area contributed by atoms with Crippen molar-refractivity contribution in [2.45, 2.75) is 0 Å². The largest absolute Gasteiger partial charge is 0.291 e. The number of aromatic nitrogens is 2. The van der Waals surface area contributed by atoms with Crippen molar-refractivity contribution in [2.75, 3.05) is 0 Å². The molecule has 6 rings (SSSR count). The standard InChI is InChI=1S/C28H17N3/c29-18-19-15-16-22-23(17-19)26(20-9-3-1-4-10-20)27(21-11-5-2-6-12-21)31-25-14-8-7-13-24(25)30-28(22)31/h1-17H. The van der Waals surface area contributed by atoms with Crippen LogP contribution in [0.25, 0.3) is 49.8 Å². The first-order valence-corrected chi connectivity index (χ1v) is 10.2. The van der Waals surface area contributed by atoms with E-state index in [-0.39, 0.29) is 0 Å². The van der Waals surface area contributed by atoms with Crippen molar-refractivity contribution < 1.29 is 0 Å². The van der Waals surface area contributed by atoms with Crippen LogP contribution in [-0.4, -0.2) is 9.38 Å². The maximum atomic E-state index is 9.60. The van der Waals surface area contributed by atoms with Gasteiger partial charge >= 0.3 is 0 Å². The molecule has 0 saturated heterocycles. The summed E-state index contributed by atoms with van der Waals surface area (Å²) in [5.74, 6) is 0. The van der Waals surface area contributed by atoms with E-state index in [1.807, 2.05) is 36.4 Å². The van der Waals surface area contributed by atoms with Crippen LogP contribution in [0.1, 0.15) is 5.56 Å². The summed E-state index contributed by atoms with van der Waals surface area (Å²) in [4.78, 5) is 5.00. The lowest BCUT2D eigenvalue weighted by atomic mass is 9.92. The Morgan fingerprint density at radius 3 is 2.10 bits per heavy atom. The molecule has 0 aliphatic rings. The lowest BCUT2D eigenvalue weighted by Crippen LogP contribution is -1.99. The molecule has 3 heteroatoms. The van der Waals surface area contributed by atoms with E-state index < -0.39 is 0 Å². The third-order valence-corrected chi connectivity index (χ3v) is 5.79. The molecule has 0 atom stereocenters. The quantitative estimate of drug-likeness (QED) is 0.322. The molecule has 0 unspecified atom stereocenters. The predicted molar refractivity (Wildman–Crippen MR) is 126 cm³/mol. The number of nitrogens with zero attached hydrogens (tertiary/aromatic N) is 3. The van der Waals surface area contributed by atoms with Crippen molar-refractivity contribution in [1.29, 1.82) is 5.26 Å². The fourth-order valence-electron chi connectivity index (χ4n) is 4.45. The molecule has 144 valence electrons. The Hall–Kier alpha value is -4.42. The fraction of sp³-hybridized carbons (Fsp3) is 0. The van der Waals surface area contributed by atoms with Crippen LogP contribution in [0.15, 0.2) is 103 Å². The van der Waals surface area contributed by atoms with E-state index in [0.717, 1.165) is 49.8 Å². The number of benzene rings is 4. The number of pyridine rings is 1. The molecular formula is C28H17N3. The third kappa shape index (κ3) is 2.63. The molecule has 3 nitrogen and oxygen atoms in total. The van der Waals surface area contributed by atoms with Gasteiger partial charge in [-0.3, -0.25) is 4.40 Å². The van der Waals surface area contributed by atoms with Crippen LogP contribution in [0, 0.1) is 11.3 Å². The normalized spacial score (nSPS) is 11.2. The number of para-hydroxylation sites is 2. The van der Waals surface area contributed by atoms with Crippen molar-refractivity contribution in [3.8, 4) is 28.5 Å². The predicted octanol–water partition coefficient (Wildman–Crippen LogP) is 6.85. The molecular weight excluding hydrogens is 378 g/mol. The second kappa shape index (κ2) is 6.83. The summed E-state index contributed by atoms with van der Waals surface area (Å²) in [5.41, 5.74) is 7.98. The summed E-state index contributed by atoms with van der Waals surface area (Å²) in [7, 11) is 0. The highest BCUT2D eigenvalue weighted by Crippen LogP contribution is 2.41. The molecule has 0 bridgehead atoms. The maximum absolute atomic E-state index is 9.60. The van der Waals surface area contributed by atoms with E-state index in [0.29, 0.717) is 5.56 Å². The summed E-state index contributed by atoms with van der Waals surface area (Å²) in [5, 5.41) is 11.7. The highest BCUT2D eigenvalue weighted by atomic mass is 15.0. The van der Waals surface area contributed by atoms with Gasteiger partial charge in [-0.2, -0.15) is 5.26 Å². The number of hydrogen-bond donors (Lipinski definition) is 0. The molecule has 0 aliphatic carbocycles. The first kappa shape index (κ1) is 17.4. The molecule has 2 heterocycles. The Morgan fingerprint density at radius 1 is 0.677 bits per heavy atom. The van der Waals surface area contributed by atoms with Crippen LogP contribution in [-0.2, 0) is 0 Å². The first-order valence-electron chi connectivity index (χ1n) is 10.2. The molecule has 0 aliphatic heterocycles. The SMILES string of the molecule is N#Cc1ccc2c(c1)c(-c1ccccc1)c(-c1ccccc1)n1c3ccccc3nc21. The number of rotatable bonds is 2. The van der Waals surface area contributed by atoms with Gasteiger partial charge in [0.2, 0.25) is 0 Å². The summed E-state index contributed by atoms with van der Waals surface area (Å²) in [6.45, 7) is 0. The average molecular weight is 395 g/mol. The molecule has 2 aromatic heterocycles. The van der Waals surface area contributed by atoms with Crippen LogP contribution in [0.4, 0.5) is 0 Å². The zero-order valence-electron chi connectivity index (χ0n) is 16.7. The average Bonchev–Trinajstić information content (AvgIpc) is 3.23. The second-order valence-corrected chi connectivity index (χ2v) is 7.59. The molecule has 0 amide bonds. The van der Waals surface area contributed by atoms with E-state index >= 15 is 0 Å². The van der Waals surface area contributed by atoms with Gasteiger partial charge in [-0.15, -0.1) is 0 Å². The Labute approximate surface area is 179 Å². The third-order valence-electron chi connectivity index (χ3n) is 5.79. The molecule has 0 spiro atoms. The van der Waals surface area contributed by atoms with Gasteiger partial charge < -0.3 is 0 Å². The highest BCUT2D eigenvalue weighted by Gasteiger charge is 2.20. The van der Waals surface area contributed by atoms with Gasteiger partial charge in [0.15, 0.2) is 0 Å². The number of hydrogen-bond acceptors (Lipinski definition) is 2.